The summed E-state index contributed by atoms with van der Waals surface area (Å²) in [6.45, 7) is 4.55. The molecule has 4 rings (SSSR count). The lowest BCUT2D eigenvalue weighted by molar-refractivity contribution is -0.147. The third-order valence-electron chi connectivity index (χ3n) is 6.35. The third kappa shape index (κ3) is 4.83. The van der Waals surface area contributed by atoms with Gasteiger partial charge in [0.25, 0.3) is 0 Å². The van der Waals surface area contributed by atoms with Gasteiger partial charge >= 0.3 is 5.97 Å². The number of carboxylic acid groups (broad SMARTS) is 1. The molecule has 1 N–H and O–H groups in total. The Bertz CT molecular complexity index is 1040. The molecule has 0 atom stereocenters. The Balaban J connectivity index is 1.31. The van der Waals surface area contributed by atoms with E-state index in [-0.39, 0.29) is 5.92 Å². The molecule has 4 nitrogen and oxygen atoms in total. The van der Waals surface area contributed by atoms with Crippen molar-refractivity contribution >= 4 is 11.5 Å². The highest BCUT2D eigenvalue weighted by Gasteiger charge is 2.33. The number of allylic oxidation sites excluding steroid dienone is 1. The van der Waals surface area contributed by atoms with Gasteiger partial charge in [0, 0.05) is 19.6 Å². The summed E-state index contributed by atoms with van der Waals surface area (Å²) in [5.41, 5.74) is 5.43. The Labute approximate surface area is 185 Å². The molecule has 32 heavy (non-hydrogen) atoms. The number of halogens is 3. The summed E-state index contributed by atoms with van der Waals surface area (Å²) in [7, 11) is 0. The standard InChI is InChI=1S/C25H26F3NO3/c1-15-18(12-29-13-19(14-29)25(30)31)5-4-17-11-20(6-7-21(15)17)32-8-2-3-16-9-22(26)24(28)23(27)10-16/h6-7,9-11,19H,2-5,8,12-14H2,1H3,(H,30,31). The first-order valence-electron chi connectivity index (χ1n) is 10.8. The lowest BCUT2D eigenvalue weighted by Crippen LogP contribution is -2.50. The fraction of sp³-hybridized carbons (Fsp3) is 0.400. The van der Waals surface area contributed by atoms with Gasteiger partial charge in [0.2, 0.25) is 0 Å². The van der Waals surface area contributed by atoms with Gasteiger partial charge in [-0.15, -0.1) is 0 Å². The zero-order valence-electron chi connectivity index (χ0n) is 18.0. The molecule has 0 unspecified atom stereocenters. The predicted molar refractivity (Wildman–Crippen MR) is 115 cm³/mol. The summed E-state index contributed by atoms with van der Waals surface area (Å²) in [5.74, 6) is -3.99. The molecule has 2 aliphatic rings. The highest BCUT2D eigenvalue weighted by molar-refractivity contribution is 5.73. The van der Waals surface area contributed by atoms with E-state index >= 15 is 0 Å². The molecule has 1 saturated heterocycles. The van der Waals surface area contributed by atoms with Crippen LogP contribution in [0.15, 0.2) is 35.9 Å². The largest absolute Gasteiger partial charge is 0.494 e. The van der Waals surface area contributed by atoms with Gasteiger partial charge in [-0.05, 0) is 79.1 Å². The summed E-state index contributed by atoms with van der Waals surface area (Å²) in [4.78, 5) is 13.2. The molecule has 2 aromatic rings. The Morgan fingerprint density at radius 2 is 1.84 bits per heavy atom. The van der Waals surface area contributed by atoms with Gasteiger partial charge < -0.3 is 9.84 Å². The van der Waals surface area contributed by atoms with Crippen molar-refractivity contribution in [2.75, 3.05) is 26.2 Å². The number of hydrogen-bond acceptors (Lipinski definition) is 3. The van der Waals surface area contributed by atoms with Crippen molar-refractivity contribution in [3.63, 3.8) is 0 Å². The number of aryl methyl sites for hydroxylation is 2. The Hall–Kier alpha value is -2.80. The Morgan fingerprint density at radius 3 is 2.53 bits per heavy atom. The van der Waals surface area contributed by atoms with Gasteiger partial charge in [0.1, 0.15) is 5.75 Å². The number of likely N-dealkylation sites (tertiary alicyclic amines) is 1. The van der Waals surface area contributed by atoms with Crippen molar-refractivity contribution in [3.05, 3.63) is 70.0 Å². The minimum Gasteiger partial charge on any atom is -0.494 e. The average Bonchev–Trinajstić information content (AvgIpc) is 2.72. The molecule has 7 heteroatoms. The molecule has 0 radical (unpaired) electrons. The summed E-state index contributed by atoms with van der Waals surface area (Å²) in [6.07, 6.45) is 2.79. The molecule has 0 saturated carbocycles. The van der Waals surface area contributed by atoms with Crippen molar-refractivity contribution < 1.29 is 27.8 Å². The van der Waals surface area contributed by atoms with Crippen LogP contribution in [0.4, 0.5) is 13.2 Å². The lowest BCUT2D eigenvalue weighted by Gasteiger charge is -2.38. The number of fused-ring (bicyclic) bond motifs is 1. The van der Waals surface area contributed by atoms with E-state index in [0.29, 0.717) is 38.1 Å². The van der Waals surface area contributed by atoms with Crippen LogP contribution >= 0.6 is 0 Å². The van der Waals surface area contributed by atoms with E-state index in [1.807, 2.05) is 12.1 Å². The minimum atomic E-state index is -1.44. The molecule has 0 aromatic heterocycles. The van der Waals surface area contributed by atoms with Crippen LogP contribution in [0.2, 0.25) is 0 Å². The predicted octanol–water partition coefficient (Wildman–Crippen LogP) is 4.85. The van der Waals surface area contributed by atoms with Crippen molar-refractivity contribution in [2.24, 2.45) is 5.92 Å². The zero-order valence-corrected chi connectivity index (χ0v) is 18.0. The number of nitrogens with zero attached hydrogens (tertiary/aromatic N) is 1. The van der Waals surface area contributed by atoms with Gasteiger partial charge in [-0.1, -0.05) is 11.6 Å². The second-order valence-corrected chi connectivity index (χ2v) is 8.60. The summed E-state index contributed by atoms with van der Waals surface area (Å²) in [5, 5.41) is 9.04. The van der Waals surface area contributed by atoms with E-state index in [1.54, 1.807) is 0 Å². The van der Waals surface area contributed by atoms with Crippen LogP contribution in [0.3, 0.4) is 0 Å². The van der Waals surface area contributed by atoms with Crippen LogP contribution in [0, 0.1) is 23.4 Å². The quantitative estimate of drug-likeness (QED) is 0.466. The molecular formula is C25H26F3NO3. The lowest BCUT2D eigenvalue weighted by atomic mass is 9.85. The van der Waals surface area contributed by atoms with E-state index in [2.05, 4.69) is 17.9 Å². The number of hydrogen-bond donors (Lipinski definition) is 1. The molecule has 1 heterocycles. The van der Waals surface area contributed by atoms with Crippen LogP contribution in [-0.4, -0.2) is 42.2 Å². The smallest absolute Gasteiger partial charge is 0.309 e. The normalized spacial score (nSPS) is 16.6. The first-order chi connectivity index (χ1) is 15.3. The molecular weight excluding hydrogens is 419 g/mol. The molecule has 1 aliphatic carbocycles. The number of carbonyl (C=O) groups is 1. The zero-order chi connectivity index (χ0) is 22.8. The number of aliphatic carboxylic acids is 1. The van der Waals surface area contributed by atoms with Crippen LogP contribution in [0.1, 0.15) is 36.5 Å². The molecule has 170 valence electrons. The monoisotopic (exact) mass is 445 g/mol. The third-order valence-corrected chi connectivity index (χ3v) is 6.35. The molecule has 0 spiro atoms. The van der Waals surface area contributed by atoms with Gasteiger partial charge in [-0.25, -0.2) is 13.2 Å². The molecule has 0 bridgehead atoms. The first-order valence-corrected chi connectivity index (χ1v) is 10.8. The summed E-state index contributed by atoms with van der Waals surface area (Å²) in [6, 6.07) is 8.06. The number of benzene rings is 2. The maximum atomic E-state index is 13.3. The van der Waals surface area contributed by atoms with Crippen LogP contribution in [-0.2, 0) is 17.6 Å². The number of rotatable bonds is 8. The minimum absolute atomic E-state index is 0.243. The summed E-state index contributed by atoms with van der Waals surface area (Å²) >= 11 is 0. The van der Waals surface area contributed by atoms with Crippen molar-refractivity contribution in [2.45, 2.75) is 32.6 Å². The fourth-order valence-corrected chi connectivity index (χ4v) is 4.44. The van der Waals surface area contributed by atoms with Crippen molar-refractivity contribution in [1.82, 2.24) is 4.90 Å². The maximum absolute atomic E-state index is 13.3. The highest BCUT2D eigenvalue weighted by Crippen LogP contribution is 2.34. The van der Waals surface area contributed by atoms with E-state index in [4.69, 9.17) is 9.84 Å². The van der Waals surface area contributed by atoms with Crippen molar-refractivity contribution in [1.29, 1.82) is 0 Å². The fourth-order valence-electron chi connectivity index (χ4n) is 4.44. The van der Waals surface area contributed by atoms with Crippen LogP contribution in [0.5, 0.6) is 5.75 Å². The van der Waals surface area contributed by atoms with Crippen LogP contribution < -0.4 is 4.74 Å². The topological polar surface area (TPSA) is 49.8 Å². The molecule has 1 fully saturated rings. The average molecular weight is 445 g/mol. The van der Waals surface area contributed by atoms with Gasteiger partial charge in [-0.3, -0.25) is 9.69 Å². The highest BCUT2D eigenvalue weighted by atomic mass is 19.2. The van der Waals surface area contributed by atoms with E-state index < -0.39 is 23.4 Å². The SMILES string of the molecule is CC1=C(CN2CC(C(=O)O)C2)CCc2cc(OCCCc3cc(F)c(F)c(F)c3)ccc21. The molecule has 0 amide bonds. The Kier molecular flexibility index (Phi) is 6.55. The number of ether oxygens (including phenoxy) is 1. The maximum Gasteiger partial charge on any atom is 0.309 e. The second-order valence-electron chi connectivity index (χ2n) is 8.60. The Morgan fingerprint density at radius 1 is 1.12 bits per heavy atom. The van der Waals surface area contributed by atoms with Gasteiger partial charge in [0.05, 0.1) is 12.5 Å². The summed E-state index contributed by atoms with van der Waals surface area (Å²) < 4.78 is 45.5. The van der Waals surface area contributed by atoms with E-state index in [0.717, 1.165) is 37.3 Å². The van der Waals surface area contributed by atoms with Crippen molar-refractivity contribution in [3.8, 4) is 5.75 Å². The molecule has 1 aliphatic heterocycles. The number of carboxylic acids is 1. The van der Waals surface area contributed by atoms with Gasteiger partial charge in [0.15, 0.2) is 17.5 Å². The van der Waals surface area contributed by atoms with E-state index in [1.165, 1.54) is 22.3 Å². The van der Waals surface area contributed by atoms with Gasteiger partial charge in [-0.2, -0.15) is 0 Å². The molecule has 2 aromatic carbocycles. The van der Waals surface area contributed by atoms with Crippen LogP contribution in [0.25, 0.3) is 5.57 Å². The first kappa shape index (κ1) is 22.4. The second kappa shape index (κ2) is 9.36. The van der Waals surface area contributed by atoms with E-state index in [9.17, 15) is 18.0 Å².